The normalized spacial score (nSPS) is 13.1. The van der Waals surface area contributed by atoms with Gasteiger partial charge in [-0.25, -0.2) is 0 Å². The summed E-state index contributed by atoms with van der Waals surface area (Å²) in [5.41, 5.74) is 3.33. The highest BCUT2D eigenvalue weighted by atomic mass is 32.1. The van der Waals surface area contributed by atoms with Gasteiger partial charge in [0.1, 0.15) is 19.0 Å². The smallest absolute Gasteiger partial charge is 0.253 e. The molecule has 190 valence electrons. The van der Waals surface area contributed by atoms with Crippen molar-refractivity contribution in [1.82, 2.24) is 15.2 Å². The number of thiocarbonyl (C=S) groups is 1. The van der Waals surface area contributed by atoms with E-state index in [2.05, 4.69) is 29.4 Å². The Kier molecular flexibility index (Phi) is 7.28. The Bertz CT molecular complexity index is 1450. The third-order valence-electron chi connectivity index (χ3n) is 6.40. The van der Waals surface area contributed by atoms with Gasteiger partial charge in [0.2, 0.25) is 0 Å². The molecule has 0 saturated carbocycles. The molecule has 0 saturated heterocycles. The average molecular weight is 516 g/mol. The summed E-state index contributed by atoms with van der Waals surface area (Å²) in [6, 6.07) is 23.6. The molecular formula is C29H29N3O4S. The van der Waals surface area contributed by atoms with Crippen LogP contribution in [0.5, 0.6) is 17.2 Å². The number of benzene rings is 3. The van der Waals surface area contributed by atoms with Crippen LogP contribution in [0.2, 0.25) is 0 Å². The molecule has 1 aliphatic rings. The second-order valence-electron chi connectivity index (χ2n) is 8.99. The van der Waals surface area contributed by atoms with Crippen LogP contribution >= 0.6 is 12.2 Å². The van der Waals surface area contributed by atoms with Crippen LogP contribution in [0.3, 0.4) is 0 Å². The van der Waals surface area contributed by atoms with Crippen LogP contribution in [0.1, 0.15) is 29.7 Å². The number of methoxy groups -OCH3 is 1. The number of ether oxygens (including phenoxy) is 3. The number of pyridine rings is 1. The molecule has 1 atom stereocenters. The number of hydrogen-bond acceptors (Lipinski definition) is 5. The van der Waals surface area contributed by atoms with E-state index in [-0.39, 0.29) is 11.6 Å². The first-order valence-electron chi connectivity index (χ1n) is 12.2. The maximum absolute atomic E-state index is 13.1. The van der Waals surface area contributed by atoms with Crippen LogP contribution in [0, 0.1) is 0 Å². The summed E-state index contributed by atoms with van der Waals surface area (Å²) in [7, 11) is 1.64. The predicted molar refractivity (Wildman–Crippen MR) is 148 cm³/mol. The molecule has 2 heterocycles. The van der Waals surface area contributed by atoms with Gasteiger partial charge in [-0.1, -0.05) is 42.5 Å². The van der Waals surface area contributed by atoms with Crippen LogP contribution in [-0.4, -0.2) is 35.3 Å². The van der Waals surface area contributed by atoms with Crippen molar-refractivity contribution in [3.05, 3.63) is 99.8 Å². The first kappa shape index (κ1) is 24.6. The third kappa shape index (κ3) is 5.70. The van der Waals surface area contributed by atoms with Crippen molar-refractivity contribution in [3.63, 3.8) is 0 Å². The fourth-order valence-electron chi connectivity index (χ4n) is 4.36. The van der Waals surface area contributed by atoms with Gasteiger partial charge in [0.25, 0.3) is 5.56 Å². The summed E-state index contributed by atoms with van der Waals surface area (Å²) in [4.78, 5) is 18.1. The number of nitrogens with one attached hydrogen (secondary N) is 2. The molecule has 1 aromatic heterocycles. The third-order valence-corrected chi connectivity index (χ3v) is 6.78. The Morgan fingerprint density at radius 1 is 1.03 bits per heavy atom. The Morgan fingerprint density at radius 3 is 2.43 bits per heavy atom. The van der Waals surface area contributed by atoms with Crippen molar-refractivity contribution in [2.45, 2.75) is 26.1 Å². The van der Waals surface area contributed by atoms with Crippen LogP contribution in [0.25, 0.3) is 10.9 Å². The van der Waals surface area contributed by atoms with E-state index in [4.69, 9.17) is 26.4 Å². The first-order chi connectivity index (χ1) is 18.0. The molecule has 5 rings (SSSR count). The summed E-state index contributed by atoms with van der Waals surface area (Å²) in [6.45, 7) is 3.92. The molecule has 4 aromatic rings. The maximum atomic E-state index is 13.1. The maximum Gasteiger partial charge on any atom is 0.253 e. The van der Waals surface area contributed by atoms with E-state index in [0.717, 1.165) is 22.3 Å². The molecule has 0 bridgehead atoms. The van der Waals surface area contributed by atoms with E-state index in [1.165, 1.54) is 0 Å². The zero-order valence-electron chi connectivity index (χ0n) is 20.8. The molecule has 37 heavy (non-hydrogen) atoms. The van der Waals surface area contributed by atoms with Gasteiger partial charge >= 0.3 is 0 Å². The van der Waals surface area contributed by atoms with Crippen molar-refractivity contribution in [2.24, 2.45) is 0 Å². The minimum absolute atomic E-state index is 0.00521. The highest BCUT2D eigenvalue weighted by Gasteiger charge is 2.18. The van der Waals surface area contributed by atoms with Gasteiger partial charge in [-0.05, 0) is 54.5 Å². The van der Waals surface area contributed by atoms with E-state index < -0.39 is 0 Å². The molecular weight excluding hydrogens is 486 g/mol. The fraction of sp³-hybridized carbons (Fsp3) is 0.241. The lowest BCUT2D eigenvalue weighted by Crippen LogP contribution is -2.41. The molecule has 0 amide bonds. The van der Waals surface area contributed by atoms with E-state index in [9.17, 15) is 4.79 Å². The first-order valence-corrected chi connectivity index (χ1v) is 12.6. The second kappa shape index (κ2) is 10.9. The van der Waals surface area contributed by atoms with E-state index in [1.807, 2.05) is 65.6 Å². The highest BCUT2D eigenvalue weighted by molar-refractivity contribution is 7.80. The number of aromatic nitrogens is 1. The molecule has 0 unspecified atom stereocenters. The number of H-pyrrole nitrogens is 1. The minimum atomic E-state index is -0.164. The lowest BCUT2D eigenvalue weighted by molar-refractivity contribution is 0.172. The largest absolute Gasteiger partial charge is 0.497 e. The Hall–Kier alpha value is -4.04. The summed E-state index contributed by atoms with van der Waals surface area (Å²) >= 11 is 5.86. The fourth-order valence-corrected chi connectivity index (χ4v) is 4.67. The predicted octanol–water partition coefficient (Wildman–Crippen LogP) is 4.95. The minimum Gasteiger partial charge on any atom is -0.497 e. The number of fused-ring (bicyclic) bond motifs is 2. The topological polar surface area (TPSA) is 75.8 Å². The average Bonchev–Trinajstić information content (AvgIpc) is 2.92. The van der Waals surface area contributed by atoms with Gasteiger partial charge in [0.05, 0.1) is 25.2 Å². The summed E-state index contributed by atoms with van der Waals surface area (Å²) < 4.78 is 16.7. The second-order valence-corrected chi connectivity index (χ2v) is 9.38. The van der Waals surface area contributed by atoms with Gasteiger partial charge < -0.3 is 29.4 Å². The standard InChI is InChI=1S/C29H29N3O4S/c1-19(21-6-4-3-5-7-21)30-29(37)32(17-20-8-10-24(34-2)11-9-20)18-23-14-22-15-26-27(36-13-12-35-26)16-25(22)31-28(23)33/h3-11,14-16,19H,12-13,17-18H2,1-2H3,(H,30,37)(H,31,33)/t19-/m0/s1. The van der Waals surface area contributed by atoms with Crippen LogP contribution < -0.4 is 25.1 Å². The number of aromatic amines is 1. The van der Waals surface area contributed by atoms with Gasteiger partial charge in [-0.2, -0.15) is 0 Å². The molecule has 8 heteroatoms. The number of rotatable bonds is 7. The molecule has 2 N–H and O–H groups in total. The highest BCUT2D eigenvalue weighted by Crippen LogP contribution is 2.33. The van der Waals surface area contributed by atoms with Gasteiger partial charge in [0, 0.05) is 23.6 Å². The van der Waals surface area contributed by atoms with Gasteiger partial charge in [0.15, 0.2) is 16.6 Å². The lowest BCUT2D eigenvalue weighted by atomic mass is 10.1. The van der Waals surface area contributed by atoms with Crippen LogP contribution in [-0.2, 0) is 13.1 Å². The van der Waals surface area contributed by atoms with Crippen molar-refractivity contribution in [1.29, 1.82) is 0 Å². The Balaban J connectivity index is 1.44. The van der Waals surface area contributed by atoms with E-state index in [1.54, 1.807) is 7.11 Å². The molecule has 1 aliphatic heterocycles. The Labute approximate surface area is 221 Å². The van der Waals surface area contributed by atoms with Crippen molar-refractivity contribution in [2.75, 3.05) is 20.3 Å². The zero-order chi connectivity index (χ0) is 25.8. The van der Waals surface area contributed by atoms with E-state index >= 15 is 0 Å². The SMILES string of the molecule is COc1ccc(CN(Cc2cc3cc4c(cc3[nH]c2=O)OCCO4)C(=S)N[C@@H](C)c2ccccc2)cc1. The summed E-state index contributed by atoms with van der Waals surface area (Å²) in [5.74, 6) is 2.11. The van der Waals surface area contributed by atoms with E-state index in [0.29, 0.717) is 54.0 Å². The molecule has 0 fully saturated rings. The van der Waals surface area contributed by atoms with Gasteiger partial charge in [-0.15, -0.1) is 0 Å². The van der Waals surface area contributed by atoms with Gasteiger partial charge in [-0.3, -0.25) is 4.79 Å². The molecule has 3 aromatic carbocycles. The quantitative estimate of drug-likeness (QED) is 0.338. The summed E-state index contributed by atoms with van der Waals surface area (Å²) in [5, 5.41) is 4.88. The monoisotopic (exact) mass is 515 g/mol. The van der Waals surface area contributed by atoms with Crippen molar-refractivity contribution < 1.29 is 14.2 Å². The van der Waals surface area contributed by atoms with Crippen molar-refractivity contribution >= 4 is 28.2 Å². The molecule has 0 spiro atoms. The molecule has 0 aliphatic carbocycles. The van der Waals surface area contributed by atoms with Crippen molar-refractivity contribution in [3.8, 4) is 17.2 Å². The molecule has 0 radical (unpaired) electrons. The summed E-state index contributed by atoms with van der Waals surface area (Å²) in [6.07, 6.45) is 0. The van der Waals surface area contributed by atoms with Crippen LogP contribution in [0.4, 0.5) is 0 Å². The lowest BCUT2D eigenvalue weighted by Gasteiger charge is -2.28. The zero-order valence-corrected chi connectivity index (χ0v) is 21.6. The number of hydrogen-bond donors (Lipinski definition) is 2. The van der Waals surface area contributed by atoms with Crippen LogP contribution in [0.15, 0.2) is 77.6 Å². The Morgan fingerprint density at radius 2 is 1.73 bits per heavy atom. The molecule has 7 nitrogen and oxygen atoms in total. The number of nitrogens with zero attached hydrogens (tertiary/aromatic N) is 1.